The van der Waals surface area contributed by atoms with Crippen molar-refractivity contribution in [3.63, 3.8) is 0 Å². The minimum Gasteiger partial charge on any atom is -0.139 e. The van der Waals surface area contributed by atoms with Gasteiger partial charge in [0, 0.05) is 24.3 Å². The number of rotatable bonds is 1. The summed E-state index contributed by atoms with van der Waals surface area (Å²) in [6.45, 7) is 2.15. The van der Waals surface area contributed by atoms with Gasteiger partial charge in [-0.05, 0) is 31.4 Å². The number of aryl methyl sites for hydroxylation is 1. The van der Waals surface area contributed by atoms with Gasteiger partial charge in [0.05, 0.1) is 0 Å². The molecule has 0 spiro atoms. The molecular formula is C10H9BrS2. The van der Waals surface area contributed by atoms with Crippen LogP contribution in [-0.4, -0.2) is 6.26 Å². The zero-order valence-electron chi connectivity index (χ0n) is 7.43. The van der Waals surface area contributed by atoms with Crippen LogP contribution in [0.2, 0.25) is 0 Å². The molecule has 0 fully saturated rings. The molecule has 0 unspecified atom stereocenters. The van der Waals surface area contributed by atoms with Crippen molar-refractivity contribution in [2.24, 2.45) is 0 Å². The van der Waals surface area contributed by atoms with Crippen LogP contribution in [0.5, 0.6) is 0 Å². The van der Waals surface area contributed by atoms with Gasteiger partial charge in [0.15, 0.2) is 0 Å². The monoisotopic (exact) mass is 272 g/mol. The Kier molecular flexibility index (Phi) is 2.67. The molecule has 1 aromatic carbocycles. The summed E-state index contributed by atoms with van der Waals surface area (Å²) < 4.78 is 2.60. The van der Waals surface area contributed by atoms with Crippen LogP contribution in [0.1, 0.15) is 4.88 Å². The van der Waals surface area contributed by atoms with Crippen LogP contribution in [0.25, 0.3) is 10.1 Å². The normalized spacial score (nSPS) is 11.0. The van der Waals surface area contributed by atoms with Crippen LogP contribution in [0.15, 0.2) is 27.6 Å². The fourth-order valence-corrected chi connectivity index (χ4v) is 3.75. The summed E-state index contributed by atoms with van der Waals surface area (Å²) in [6, 6.07) is 6.54. The first-order chi connectivity index (χ1) is 6.22. The van der Waals surface area contributed by atoms with E-state index in [9.17, 15) is 0 Å². The Labute approximate surface area is 94.5 Å². The molecule has 0 bridgehead atoms. The van der Waals surface area contributed by atoms with Crippen molar-refractivity contribution in [1.29, 1.82) is 0 Å². The summed E-state index contributed by atoms with van der Waals surface area (Å²) in [5.74, 6) is 0. The van der Waals surface area contributed by atoms with E-state index in [1.807, 2.05) is 23.1 Å². The summed E-state index contributed by atoms with van der Waals surface area (Å²) in [6.07, 6.45) is 2.12. The second kappa shape index (κ2) is 3.64. The first kappa shape index (κ1) is 9.56. The average Bonchev–Trinajstić information content (AvgIpc) is 2.48. The van der Waals surface area contributed by atoms with E-state index >= 15 is 0 Å². The second-order valence-corrected chi connectivity index (χ2v) is 5.81. The SMILES string of the molecule is CSc1ccc(Br)c2cc(C)sc12. The Morgan fingerprint density at radius 1 is 1.38 bits per heavy atom. The van der Waals surface area contributed by atoms with Gasteiger partial charge in [-0.2, -0.15) is 0 Å². The molecule has 1 heterocycles. The summed E-state index contributed by atoms with van der Waals surface area (Å²) in [4.78, 5) is 2.74. The van der Waals surface area contributed by atoms with E-state index in [1.165, 1.54) is 24.3 Å². The highest BCUT2D eigenvalue weighted by atomic mass is 79.9. The number of thiophene rings is 1. The van der Waals surface area contributed by atoms with Crippen molar-refractivity contribution < 1.29 is 0 Å². The lowest BCUT2D eigenvalue weighted by Crippen LogP contribution is -1.71. The van der Waals surface area contributed by atoms with Gasteiger partial charge >= 0.3 is 0 Å². The Morgan fingerprint density at radius 3 is 2.85 bits per heavy atom. The van der Waals surface area contributed by atoms with E-state index in [-0.39, 0.29) is 0 Å². The van der Waals surface area contributed by atoms with Crippen LogP contribution in [0.3, 0.4) is 0 Å². The predicted molar refractivity (Wildman–Crippen MR) is 66.0 cm³/mol. The van der Waals surface area contributed by atoms with Crippen LogP contribution >= 0.6 is 39.0 Å². The zero-order valence-corrected chi connectivity index (χ0v) is 10.6. The molecule has 0 N–H and O–H groups in total. The van der Waals surface area contributed by atoms with Gasteiger partial charge in [-0.3, -0.25) is 0 Å². The van der Waals surface area contributed by atoms with Crippen molar-refractivity contribution in [1.82, 2.24) is 0 Å². The van der Waals surface area contributed by atoms with Crippen LogP contribution in [-0.2, 0) is 0 Å². The van der Waals surface area contributed by atoms with Gasteiger partial charge in [0.1, 0.15) is 0 Å². The van der Waals surface area contributed by atoms with E-state index in [0.717, 1.165) is 0 Å². The fraction of sp³-hybridized carbons (Fsp3) is 0.200. The molecule has 0 radical (unpaired) electrons. The van der Waals surface area contributed by atoms with E-state index in [1.54, 1.807) is 0 Å². The first-order valence-electron chi connectivity index (χ1n) is 3.95. The summed E-state index contributed by atoms with van der Waals surface area (Å²) >= 11 is 7.25. The molecule has 0 atom stereocenters. The number of hydrogen-bond acceptors (Lipinski definition) is 2. The minimum atomic E-state index is 1.20. The van der Waals surface area contributed by atoms with Gasteiger partial charge in [-0.15, -0.1) is 23.1 Å². The average molecular weight is 273 g/mol. The molecule has 0 aliphatic heterocycles. The summed E-state index contributed by atoms with van der Waals surface area (Å²) in [5.41, 5.74) is 0. The Morgan fingerprint density at radius 2 is 2.15 bits per heavy atom. The first-order valence-corrected chi connectivity index (χ1v) is 6.78. The van der Waals surface area contributed by atoms with E-state index in [4.69, 9.17) is 0 Å². The molecule has 0 amide bonds. The van der Waals surface area contributed by atoms with Crippen LogP contribution in [0, 0.1) is 6.92 Å². The van der Waals surface area contributed by atoms with Crippen LogP contribution in [0.4, 0.5) is 0 Å². The molecule has 0 nitrogen and oxygen atoms in total. The molecular weight excluding hydrogens is 264 g/mol. The van der Waals surface area contributed by atoms with Crippen LogP contribution < -0.4 is 0 Å². The molecule has 0 saturated carbocycles. The largest absolute Gasteiger partial charge is 0.139 e. The highest BCUT2D eigenvalue weighted by Crippen LogP contribution is 2.37. The maximum Gasteiger partial charge on any atom is 0.0492 e. The number of fused-ring (bicyclic) bond motifs is 1. The van der Waals surface area contributed by atoms with Crippen molar-refractivity contribution in [3.8, 4) is 0 Å². The lowest BCUT2D eigenvalue weighted by molar-refractivity contribution is 1.57. The minimum absolute atomic E-state index is 1.20. The zero-order chi connectivity index (χ0) is 9.42. The third-order valence-corrected chi connectivity index (χ3v) is 4.62. The third kappa shape index (κ3) is 1.65. The topological polar surface area (TPSA) is 0 Å². The van der Waals surface area contributed by atoms with Gasteiger partial charge < -0.3 is 0 Å². The molecule has 0 aliphatic carbocycles. The smallest absolute Gasteiger partial charge is 0.0492 e. The summed E-state index contributed by atoms with van der Waals surface area (Å²) in [7, 11) is 0. The standard InChI is InChI=1S/C10H9BrS2/c1-6-5-7-8(11)3-4-9(12-2)10(7)13-6/h3-5H,1-2H3. The molecule has 2 aromatic rings. The van der Waals surface area contributed by atoms with Gasteiger partial charge in [-0.1, -0.05) is 15.9 Å². The molecule has 1 aromatic heterocycles. The summed E-state index contributed by atoms with van der Waals surface area (Å²) in [5, 5.41) is 1.34. The van der Waals surface area contributed by atoms with Crippen molar-refractivity contribution in [2.75, 3.05) is 6.26 Å². The van der Waals surface area contributed by atoms with Crippen molar-refractivity contribution in [3.05, 3.63) is 27.5 Å². The lowest BCUT2D eigenvalue weighted by atomic mass is 10.2. The van der Waals surface area contributed by atoms with Gasteiger partial charge in [-0.25, -0.2) is 0 Å². The quantitative estimate of drug-likeness (QED) is 0.679. The Bertz CT molecular complexity index is 445. The molecule has 3 heteroatoms. The Hall–Kier alpha value is 0.01000. The second-order valence-electron chi connectivity index (χ2n) is 2.85. The van der Waals surface area contributed by atoms with Gasteiger partial charge in [0.25, 0.3) is 0 Å². The maximum absolute atomic E-state index is 3.57. The molecule has 68 valence electrons. The number of benzene rings is 1. The van der Waals surface area contributed by atoms with E-state index < -0.39 is 0 Å². The number of hydrogen-bond donors (Lipinski definition) is 0. The van der Waals surface area contributed by atoms with Crippen molar-refractivity contribution in [2.45, 2.75) is 11.8 Å². The third-order valence-electron chi connectivity index (χ3n) is 1.94. The molecule has 0 aliphatic rings. The molecule has 0 saturated heterocycles. The number of halogens is 1. The fourth-order valence-electron chi connectivity index (χ4n) is 1.35. The maximum atomic E-state index is 3.57. The Balaban J connectivity index is 2.83. The van der Waals surface area contributed by atoms with E-state index in [0.29, 0.717) is 0 Å². The highest BCUT2D eigenvalue weighted by molar-refractivity contribution is 9.10. The number of thioether (sulfide) groups is 1. The molecule has 2 rings (SSSR count). The van der Waals surface area contributed by atoms with Gasteiger partial charge in [0.2, 0.25) is 0 Å². The highest BCUT2D eigenvalue weighted by Gasteiger charge is 2.06. The predicted octanol–water partition coefficient (Wildman–Crippen LogP) is 4.69. The molecule has 13 heavy (non-hydrogen) atoms. The van der Waals surface area contributed by atoms with Crippen molar-refractivity contribution >= 4 is 49.1 Å². The lowest BCUT2D eigenvalue weighted by Gasteiger charge is -1.99. The van der Waals surface area contributed by atoms with E-state index in [2.05, 4.69) is 47.3 Å².